The topological polar surface area (TPSA) is 97.6 Å². The molecule has 1 aromatic carbocycles. The van der Waals surface area contributed by atoms with Crippen molar-refractivity contribution in [2.75, 3.05) is 10.6 Å². The van der Waals surface area contributed by atoms with Crippen LogP contribution >= 0.6 is 0 Å². The van der Waals surface area contributed by atoms with Crippen LogP contribution < -0.4 is 10.6 Å². The van der Waals surface area contributed by atoms with Crippen LogP contribution in [0.25, 0.3) is 0 Å². The largest absolute Gasteiger partial charge is 0.351 e. The second kappa shape index (κ2) is 8.35. The van der Waals surface area contributed by atoms with Gasteiger partial charge in [0.2, 0.25) is 0 Å². The quantitative estimate of drug-likeness (QED) is 0.477. The molecule has 1 aliphatic carbocycles. The van der Waals surface area contributed by atoms with Crippen molar-refractivity contribution in [3.05, 3.63) is 90.4 Å². The molecule has 1 amide bonds. The average molecular weight is 411 g/mol. The van der Waals surface area contributed by atoms with Gasteiger partial charge in [-0.1, -0.05) is 30.3 Å². The molecule has 31 heavy (non-hydrogen) atoms. The van der Waals surface area contributed by atoms with Gasteiger partial charge in [-0.2, -0.15) is 5.10 Å². The van der Waals surface area contributed by atoms with E-state index in [1.807, 2.05) is 48.7 Å². The van der Waals surface area contributed by atoms with Crippen LogP contribution in [-0.4, -0.2) is 30.6 Å². The van der Waals surface area contributed by atoms with Crippen molar-refractivity contribution in [1.82, 2.24) is 24.7 Å². The van der Waals surface area contributed by atoms with Crippen LogP contribution in [-0.2, 0) is 6.54 Å². The number of nitrogens with one attached hydrogen (secondary N) is 2. The molecule has 1 fully saturated rings. The van der Waals surface area contributed by atoms with Crippen LogP contribution in [0.5, 0.6) is 0 Å². The first-order valence-corrected chi connectivity index (χ1v) is 10.2. The van der Waals surface area contributed by atoms with Gasteiger partial charge in [0.1, 0.15) is 6.33 Å². The molecule has 0 atom stereocenters. The van der Waals surface area contributed by atoms with E-state index in [1.54, 1.807) is 23.1 Å². The molecule has 5 rings (SSSR count). The fraction of sp³-hybridized carbons (Fsp3) is 0.174. The summed E-state index contributed by atoms with van der Waals surface area (Å²) in [4.78, 5) is 25.8. The van der Waals surface area contributed by atoms with E-state index >= 15 is 0 Å². The Hall–Kier alpha value is -4.07. The zero-order chi connectivity index (χ0) is 21.0. The predicted octanol–water partition coefficient (Wildman–Crippen LogP) is 3.99. The minimum Gasteiger partial charge on any atom is -0.351 e. The molecule has 8 heteroatoms. The van der Waals surface area contributed by atoms with Gasteiger partial charge in [0.25, 0.3) is 5.91 Å². The van der Waals surface area contributed by atoms with E-state index < -0.39 is 0 Å². The smallest absolute Gasteiger partial charge is 0.277 e. The number of nitrogens with zero attached hydrogens (tertiary/aromatic N) is 5. The summed E-state index contributed by atoms with van der Waals surface area (Å²) in [6, 6.07) is 15.7. The maximum Gasteiger partial charge on any atom is 0.277 e. The fourth-order valence-corrected chi connectivity index (χ4v) is 3.34. The number of hydrogen-bond acceptors (Lipinski definition) is 6. The fourth-order valence-electron chi connectivity index (χ4n) is 3.34. The standard InChI is InChI=1S/C23H21N7O/c31-23(28-21-10-11-30(29-21)14-16-4-2-1-3-5-16)22-20(26-18-12-24-15-25-13-18)9-8-19(27-22)17-6-7-17/h1-5,8-13,15,17,26H,6-7,14H2,(H,28,29,31). The first kappa shape index (κ1) is 18.9. The molecule has 2 N–H and O–H groups in total. The van der Waals surface area contributed by atoms with E-state index in [1.165, 1.54) is 6.33 Å². The van der Waals surface area contributed by atoms with Crippen molar-refractivity contribution in [3.63, 3.8) is 0 Å². The zero-order valence-corrected chi connectivity index (χ0v) is 16.8. The molecule has 0 radical (unpaired) electrons. The number of benzene rings is 1. The summed E-state index contributed by atoms with van der Waals surface area (Å²) in [7, 11) is 0. The molecule has 0 aliphatic heterocycles. The summed E-state index contributed by atoms with van der Waals surface area (Å²) < 4.78 is 1.79. The highest BCUT2D eigenvalue weighted by Gasteiger charge is 2.27. The third-order valence-electron chi connectivity index (χ3n) is 5.04. The number of hydrogen-bond donors (Lipinski definition) is 2. The number of carbonyl (C=O) groups is 1. The van der Waals surface area contributed by atoms with Crippen molar-refractivity contribution in [3.8, 4) is 0 Å². The summed E-state index contributed by atoms with van der Waals surface area (Å²) in [5, 5.41) is 10.5. The Morgan fingerprint density at radius 3 is 2.61 bits per heavy atom. The lowest BCUT2D eigenvalue weighted by Gasteiger charge is -2.12. The van der Waals surface area contributed by atoms with E-state index in [-0.39, 0.29) is 5.91 Å². The van der Waals surface area contributed by atoms with Crippen LogP contribution in [0.4, 0.5) is 17.2 Å². The van der Waals surface area contributed by atoms with Crippen molar-refractivity contribution >= 4 is 23.1 Å². The molecule has 0 bridgehead atoms. The Kier molecular flexibility index (Phi) is 5.10. The maximum atomic E-state index is 13.1. The van der Waals surface area contributed by atoms with E-state index in [4.69, 9.17) is 0 Å². The third kappa shape index (κ3) is 4.58. The Labute approximate surface area is 179 Å². The average Bonchev–Trinajstić information content (AvgIpc) is 3.56. The van der Waals surface area contributed by atoms with Crippen LogP contribution in [0, 0.1) is 0 Å². The highest BCUT2D eigenvalue weighted by atomic mass is 16.2. The second-order valence-electron chi connectivity index (χ2n) is 7.50. The van der Waals surface area contributed by atoms with Gasteiger partial charge in [-0.3, -0.25) is 9.48 Å². The Bertz CT molecular complexity index is 1190. The lowest BCUT2D eigenvalue weighted by atomic mass is 10.2. The Balaban J connectivity index is 1.36. The summed E-state index contributed by atoms with van der Waals surface area (Å²) in [5.41, 5.74) is 3.68. The minimum absolute atomic E-state index is 0.313. The molecule has 3 heterocycles. The van der Waals surface area contributed by atoms with Gasteiger partial charge >= 0.3 is 0 Å². The first-order chi connectivity index (χ1) is 15.2. The number of carbonyl (C=O) groups excluding carboxylic acids is 1. The van der Waals surface area contributed by atoms with Crippen molar-refractivity contribution in [1.29, 1.82) is 0 Å². The lowest BCUT2D eigenvalue weighted by molar-refractivity contribution is 0.102. The van der Waals surface area contributed by atoms with E-state index in [2.05, 4.69) is 30.7 Å². The number of rotatable bonds is 7. The number of aromatic nitrogens is 5. The first-order valence-electron chi connectivity index (χ1n) is 10.2. The van der Waals surface area contributed by atoms with Gasteiger partial charge < -0.3 is 10.6 Å². The Morgan fingerprint density at radius 2 is 1.84 bits per heavy atom. The van der Waals surface area contributed by atoms with Gasteiger partial charge in [0.05, 0.1) is 30.3 Å². The molecule has 3 aromatic heterocycles. The van der Waals surface area contributed by atoms with Crippen molar-refractivity contribution < 1.29 is 4.79 Å². The van der Waals surface area contributed by atoms with Gasteiger partial charge in [-0.15, -0.1) is 0 Å². The van der Waals surface area contributed by atoms with Crippen LogP contribution in [0.2, 0.25) is 0 Å². The van der Waals surface area contributed by atoms with Gasteiger partial charge in [0, 0.05) is 23.9 Å². The van der Waals surface area contributed by atoms with Crippen molar-refractivity contribution in [2.24, 2.45) is 0 Å². The SMILES string of the molecule is O=C(Nc1ccn(Cc2ccccc2)n1)c1nc(C2CC2)ccc1Nc1cncnc1. The molecule has 0 saturated heterocycles. The number of anilines is 3. The number of amides is 1. The van der Waals surface area contributed by atoms with Gasteiger partial charge in [0.15, 0.2) is 11.5 Å². The molecule has 8 nitrogen and oxygen atoms in total. The van der Waals surface area contributed by atoms with Crippen molar-refractivity contribution in [2.45, 2.75) is 25.3 Å². The lowest BCUT2D eigenvalue weighted by Crippen LogP contribution is -2.17. The van der Waals surface area contributed by atoms with E-state index in [0.717, 1.165) is 24.1 Å². The van der Waals surface area contributed by atoms with Crippen LogP contribution in [0.1, 0.15) is 40.5 Å². The minimum atomic E-state index is -0.313. The monoisotopic (exact) mass is 411 g/mol. The predicted molar refractivity (Wildman–Crippen MR) is 117 cm³/mol. The molecule has 1 saturated carbocycles. The third-order valence-corrected chi connectivity index (χ3v) is 5.04. The number of pyridine rings is 1. The van der Waals surface area contributed by atoms with Crippen LogP contribution in [0.15, 0.2) is 73.4 Å². The molecule has 154 valence electrons. The molecular weight excluding hydrogens is 390 g/mol. The molecule has 0 unspecified atom stereocenters. The Morgan fingerprint density at radius 1 is 1.03 bits per heavy atom. The normalized spacial score (nSPS) is 13.0. The second-order valence-corrected chi connectivity index (χ2v) is 7.50. The maximum absolute atomic E-state index is 13.1. The summed E-state index contributed by atoms with van der Waals surface area (Å²) in [6.45, 7) is 0.632. The molecular formula is C23H21N7O. The molecule has 4 aromatic rings. The van der Waals surface area contributed by atoms with E-state index in [9.17, 15) is 4.79 Å². The summed E-state index contributed by atoms with van der Waals surface area (Å²) >= 11 is 0. The highest BCUT2D eigenvalue weighted by Crippen LogP contribution is 2.39. The molecule has 0 spiro atoms. The summed E-state index contributed by atoms with van der Waals surface area (Å²) in [5.74, 6) is 0.603. The highest BCUT2D eigenvalue weighted by molar-refractivity contribution is 6.06. The van der Waals surface area contributed by atoms with Gasteiger partial charge in [-0.05, 0) is 30.5 Å². The molecule has 1 aliphatic rings. The zero-order valence-electron chi connectivity index (χ0n) is 16.8. The van der Waals surface area contributed by atoms with Crippen LogP contribution in [0.3, 0.4) is 0 Å². The van der Waals surface area contributed by atoms with Gasteiger partial charge in [-0.25, -0.2) is 15.0 Å². The van der Waals surface area contributed by atoms with E-state index in [0.29, 0.717) is 35.3 Å². The summed E-state index contributed by atoms with van der Waals surface area (Å²) in [6.07, 6.45) is 8.81.